The van der Waals surface area contributed by atoms with E-state index in [-0.39, 0.29) is 11.3 Å². The molecule has 0 bridgehead atoms. The number of fused-ring (bicyclic) bond motifs is 1. The number of methoxy groups -OCH3 is 1. The SMILES string of the molecule is COc1cccc2cc(C(=O)C3=C(O)C(=O)N(c4nccs4)C3c3ccc(C)cc3)oc12. The smallest absolute Gasteiger partial charge is 0.296 e. The molecule has 160 valence electrons. The van der Waals surface area contributed by atoms with E-state index in [1.165, 1.54) is 23.3 Å². The summed E-state index contributed by atoms with van der Waals surface area (Å²) in [5.74, 6) is -1.36. The quantitative estimate of drug-likeness (QED) is 0.434. The molecule has 1 aliphatic rings. The number of carbonyl (C=O) groups excluding carboxylic acids is 2. The fourth-order valence-corrected chi connectivity index (χ4v) is 4.54. The average Bonchev–Trinajstić information content (AvgIpc) is 3.53. The van der Waals surface area contributed by atoms with E-state index < -0.39 is 23.5 Å². The number of aliphatic hydroxyl groups is 1. The summed E-state index contributed by atoms with van der Waals surface area (Å²) in [6.45, 7) is 1.95. The van der Waals surface area contributed by atoms with Gasteiger partial charge in [0, 0.05) is 17.0 Å². The molecular weight excluding hydrogens is 428 g/mol. The van der Waals surface area contributed by atoms with E-state index in [9.17, 15) is 14.7 Å². The van der Waals surface area contributed by atoms with Crippen molar-refractivity contribution >= 4 is 39.1 Å². The van der Waals surface area contributed by atoms with E-state index in [0.717, 1.165) is 5.56 Å². The van der Waals surface area contributed by atoms with Gasteiger partial charge in [0.2, 0.25) is 5.78 Å². The number of furan rings is 1. The van der Waals surface area contributed by atoms with E-state index in [4.69, 9.17) is 9.15 Å². The Morgan fingerprint density at radius 1 is 1.22 bits per heavy atom. The van der Waals surface area contributed by atoms with Crippen LogP contribution in [0.2, 0.25) is 0 Å². The Labute approximate surface area is 187 Å². The third-order valence-electron chi connectivity index (χ3n) is 5.42. The van der Waals surface area contributed by atoms with Crippen LogP contribution in [0.25, 0.3) is 11.0 Å². The maximum Gasteiger partial charge on any atom is 0.296 e. The van der Waals surface area contributed by atoms with Crippen LogP contribution in [0.15, 0.2) is 75.9 Å². The number of rotatable bonds is 5. The first-order valence-corrected chi connectivity index (χ1v) is 10.7. The molecule has 0 saturated carbocycles. The molecule has 0 radical (unpaired) electrons. The van der Waals surface area contributed by atoms with E-state index in [2.05, 4.69) is 4.98 Å². The molecule has 0 saturated heterocycles. The molecule has 1 aliphatic heterocycles. The first-order chi connectivity index (χ1) is 15.5. The number of carbonyl (C=O) groups is 2. The molecule has 1 unspecified atom stereocenters. The van der Waals surface area contributed by atoms with E-state index in [1.807, 2.05) is 31.2 Å². The van der Waals surface area contributed by atoms with Gasteiger partial charge in [0.05, 0.1) is 18.7 Å². The van der Waals surface area contributed by atoms with Crippen molar-refractivity contribution in [3.8, 4) is 5.75 Å². The number of benzene rings is 2. The second kappa shape index (κ2) is 7.65. The number of hydrogen-bond donors (Lipinski definition) is 1. The number of hydrogen-bond acceptors (Lipinski definition) is 7. The highest BCUT2D eigenvalue weighted by molar-refractivity contribution is 7.13. The van der Waals surface area contributed by atoms with Gasteiger partial charge in [0.25, 0.3) is 5.91 Å². The number of aromatic nitrogens is 1. The Morgan fingerprint density at radius 3 is 2.69 bits per heavy atom. The lowest BCUT2D eigenvalue weighted by Crippen LogP contribution is -2.30. The Kier molecular flexibility index (Phi) is 4.79. The van der Waals surface area contributed by atoms with Crippen LogP contribution in [0.4, 0.5) is 5.13 Å². The van der Waals surface area contributed by atoms with Gasteiger partial charge in [-0.25, -0.2) is 4.98 Å². The van der Waals surface area contributed by atoms with Gasteiger partial charge in [0.1, 0.15) is 0 Å². The van der Waals surface area contributed by atoms with Gasteiger partial charge in [-0.3, -0.25) is 14.5 Å². The Balaban J connectivity index is 1.66. The molecule has 0 fully saturated rings. The first kappa shape index (κ1) is 20.0. The summed E-state index contributed by atoms with van der Waals surface area (Å²) < 4.78 is 11.1. The van der Waals surface area contributed by atoms with E-state index >= 15 is 0 Å². The van der Waals surface area contributed by atoms with Crippen molar-refractivity contribution in [3.05, 3.63) is 88.3 Å². The zero-order chi connectivity index (χ0) is 22.4. The van der Waals surface area contributed by atoms with Crippen LogP contribution >= 0.6 is 11.3 Å². The Morgan fingerprint density at radius 2 is 2.00 bits per heavy atom. The Bertz CT molecular complexity index is 1370. The molecule has 32 heavy (non-hydrogen) atoms. The number of aryl methyl sites for hydroxylation is 1. The summed E-state index contributed by atoms with van der Waals surface area (Å²) in [5.41, 5.74) is 2.09. The predicted octanol–water partition coefficient (Wildman–Crippen LogP) is 4.99. The summed E-state index contributed by atoms with van der Waals surface area (Å²) in [4.78, 5) is 32.2. The van der Waals surface area contributed by atoms with Crippen molar-refractivity contribution in [2.75, 3.05) is 12.0 Å². The molecule has 1 N–H and O–H groups in total. The highest BCUT2D eigenvalue weighted by atomic mass is 32.1. The minimum absolute atomic E-state index is 0.0111. The van der Waals surface area contributed by atoms with Gasteiger partial charge < -0.3 is 14.3 Å². The summed E-state index contributed by atoms with van der Waals surface area (Å²) in [6.07, 6.45) is 1.57. The lowest BCUT2D eigenvalue weighted by Gasteiger charge is -2.24. The van der Waals surface area contributed by atoms with E-state index in [0.29, 0.717) is 27.4 Å². The van der Waals surface area contributed by atoms with Crippen LogP contribution in [0.1, 0.15) is 27.7 Å². The number of aliphatic hydroxyl groups excluding tert-OH is 1. The third kappa shape index (κ3) is 3.07. The average molecular weight is 446 g/mol. The molecule has 2 aromatic heterocycles. The maximum atomic E-state index is 13.6. The molecule has 1 atom stereocenters. The molecule has 3 heterocycles. The standard InChI is InChI=1S/C24H18N2O5S/c1-13-6-8-14(9-7-13)19-18(21(28)23(29)26(19)24-25-10-11-32-24)20(27)17-12-15-4-3-5-16(30-2)22(15)31-17/h3-12,19,28H,1-2H3. The molecule has 7 nitrogen and oxygen atoms in total. The highest BCUT2D eigenvalue weighted by Gasteiger charge is 2.46. The zero-order valence-corrected chi connectivity index (χ0v) is 18.1. The van der Waals surface area contributed by atoms with Crippen LogP contribution in [-0.4, -0.2) is 28.9 Å². The summed E-state index contributed by atoms with van der Waals surface area (Å²) in [6, 6.07) is 13.5. The van der Waals surface area contributed by atoms with Crippen LogP contribution in [0.3, 0.4) is 0 Å². The number of thiazole rings is 1. The van der Waals surface area contributed by atoms with Gasteiger partial charge >= 0.3 is 0 Å². The van der Waals surface area contributed by atoms with Crippen LogP contribution in [0.5, 0.6) is 5.75 Å². The minimum atomic E-state index is -0.836. The summed E-state index contributed by atoms with van der Waals surface area (Å²) >= 11 is 1.25. The Hall–Kier alpha value is -3.91. The van der Waals surface area contributed by atoms with Crippen molar-refractivity contribution in [1.29, 1.82) is 0 Å². The number of amides is 1. The summed E-state index contributed by atoms with van der Waals surface area (Å²) in [7, 11) is 1.52. The fourth-order valence-electron chi connectivity index (χ4n) is 3.88. The molecule has 8 heteroatoms. The molecule has 2 aromatic carbocycles. The number of nitrogens with zero attached hydrogens (tertiary/aromatic N) is 2. The van der Waals surface area contributed by atoms with Gasteiger partial charge in [-0.15, -0.1) is 11.3 Å². The zero-order valence-electron chi connectivity index (χ0n) is 17.2. The van der Waals surface area contributed by atoms with E-state index in [1.54, 1.807) is 35.8 Å². The number of ether oxygens (including phenoxy) is 1. The van der Waals surface area contributed by atoms with Gasteiger partial charge in [-0.1, -0.05) is 42.0 Å². The van der Waals surface area contributed by atoms with Crippen molar-refractivity contribution in [2.24, 2.45) is 0 Å². The number of Topliss-reactive ketones (excluding diaryl/α,β-unsaturated/α-hetero) is 1. The van der Waals surface area contributed by atoms with Crippen LogP contribution in [-0.2, 0) is 4.79 Å². The van der Waals surface area contributed by atoms with Gasteiger partial charge in [0.15, 0.2) is 28.0 Å². The third-order valence-corrected chi connectivity index (χ3v) is 6.19. The minimum Gasteiger partial charge on any atom is -0.503 e. The van der Waals surface area contributed by atoms with Crippen molar-refractivity contribution < 1.29 is 23.8 Å². The molecule has 0 spiro atoms. The highest BCUT2D eigenvalue weighted by Crippen LogP contribution is 2.43. The normalized spacial score (nSPS) is 16.2. The van der Waals surface area contributed by atoms with Gasteiger partial charge in [-0.05, 0) is 24.6 Å². The first-order valence-electron chi connectivity index (χ1n) is 9.83. The summed E-state index contributed by atoms with van der Waals surface area (Å²) in [5, 5.41) is 13.6. The van der Waals surface area contributed by atoms with Crippen molar-refractivity contribution in [2.45, 2.75) is 13.0 Å². The molecule has 4 aromatic rings. The number of para-hydroxylation sites is 1. The van der Waals surface area contributed by atoms with Gasteiger partial charge in [-0.2, -0.15) is 0 Å². The van der Waals surface area contributed by atoms with Crippen LogP contribution < -0.4 is 9.64 Å². The topological polar surface area (TPSA) is 92.9 Å². The fraction of sp³-hybridized carbons (Fsp3) is 0.125. The monoisotopic (exact) mass is 446 g/mol. The molecular formula is C24H18N2O5S. The molecule has 5 rings (SSSR count). The maximum absolute atomic E-state index is 13.6. The second-order valence-electron chi connectivity index (χ2n) is 7.38. The second-order valence-corrected chi connectivity index (χ2v) is 8.26. The van der Waals surface area contributed by atoms with Crippen LogP contribution in [0, 0.1) is 6.92 Å². The predicted molar refractivity (Wildman–Crippen MR) is 120 cm³/mol. The molecule has 0 aliphatic carbocycles. The van der Waals surface area contributed by atoms with Crippen molar-refractivity contribution in [3.63, 3.8) is 0 Å². The number of anilines is 1. The van der Waals surface area contributed by atoms with Crippen molar-refractivity contribution in [1.82, 2.24) is 4.98 Å². The number of ketones is 1. The molecule has 1 amide bonds. The largest absolute Gasteiger partial charge is 0.503 e. The lowest BCUT2D eigenvalue weighted by atomic mass is 9.94. The lowest BCUT2D eigenvalue weighted by molar-refractivity contribution is -0.117.